The Bertz CT molecular complexity index is 754. The summed E-state index contributed by atoms with van der Waals surface area (Å²) in [6.45, 7) is 3.60. The Balaban J connectivity index is 2.33. The molecular weight excluding hydrogens is 286 g/mol. The summed E-state index contributed by atoms with van der Waals surface area (Å²) in [6, 6.07) is 1.60. The third-order valence-electron chi connectivity index (χ3n) is 4.30. The standard InChI is InChI=1S/C15H19N3O2S/c1-9-7-10-8-16-14(21-3)17-12(10)18(13(9)19)11-5-4-6-15(11,2)20/h7-8,11,20H,4-6H2,1-3H3. The minimum Gasteiger partial charge on any atom is -0.388 e. The smallest absolute Gasteiger partial charge is 0.255 e. The lowest BCUT2D eigenvalue weighted by molar-refractivity contribution is 0.0266. The van der Waals surface area contributed by atoms with Gasteiger partial charge in [0.25, 0.3) is 5.56 Å². The van der Waals surface area contributed by atoms with Crippen molar-refractivity contribution in [3.8, 4) is 0 Å². The molecule has 0 radical (unpaired) electrons. The fourth-order valence-electron chi connectivity index (χ4n) is 3.17. The minimum atomic E-state index is -0.866. The zero-order chi connectivity index (χ0) is 15.2. The van der Waals surface area contributed by atoms with Crippen molar-refractivity contribution in [2.75, 3.05) is 6.26 Å². The first-order chi connectivity index (χ1) is 9.94. The largest absolute Gasteiger partial charge is 0.388 e. The molecule has 21 heavy (non-hydrogen) atoms. The first kappa shape index (κ1) is 14.5. The number of aromatic nitrogens is 3. The van der Waals surface area contributed by atoms with Crippen LogP contribution in [0.3, 0.4) is 0 Å². The van der Waals surface area contributed by atoms with Crippen LogP contribution in [-0.4, -0.2) is 31.5 Å². The summed E-state index contributed by atoms with van der Waals surface area (Å²) in [5.74, 6) is 0. The van der Waals surface area contributed by atoms with Crippen LogP contribution in [0.4, 0.5) is 0 Å². The molecule has 0 amide bonds. The number of nitrogens with zero attached hydrogens (tertiary/aromatic N) is 3. The summed E-state index contributed by atoms with van der Waals surface area (Å²) in [5, 5.41) is 12.1. The minimum absolute atomic E-state index is 0.0690. The van der Waals surface area contributed by atoms with E-state index in [0.29, 0.717) is 22.8 Å². The van der Waals surface area contributed by atoms with E-state index in [2.05, 4.69) is 9.97 Å². The molecule has 2 atom stereocenters. The van der Waals surface area contributed by atoms with Crippen LogP contribution in [0.25, 0.3) is 11.0 Å². The molecule has 0 aromatic carbocycles. The predicted molar refractivity (Wildman–Crippen MR) is 83.8 cm³/mol. The highest BCUT2D eigenvalue weighted by Crippen LogP contribution is 2.39. The highest BCUT2D eigenvalue weighted by Gasteiger charge is 2.39. The van der Waals surface area contributed by atoms with Gasteiger partial charge < -0.3 is 5.11 Å². The summed E-state index contributed by atoms with van der Waals surface area (Å²) < 4.78 is 1.68. The van der Waals surface area contributed by atoms with Gasteiger partial charge in [-0.1, -0.05) is 11.8 Å². The number of aliphatic hydroxyl groups is 1. The number of hydrogen-bond acceptors (Lipinski definition) is 5. The van der Waals surface area contributed by atoms with Gasteiger partial charge in [0.2, 0.25) is 0 Å². The summed E-state index contributed by atoms with van der Waals surface area (Å²) >= 11 is 1.44. The molecule has 1 aliphatic carbocycles. The van der Waals surface area contributed by atoms with Crippen molar-refractivity contribution >= 4 is 22.8 Å². The van der Waals surface area contributed by atoms with E-state index in [0.717, 1.165) is 18.2 Å². The van der Waals surface area contributed by atoms with Crippen molar-refractivity contribution in [1.82, 2.24) is 14.5 Å². The maximum atomic E-state index is 12.6. The van der Waals surface area contributed by atoms with Gasteiger partial charge in [-0.15, -0.1) is 0 Å². The van der Waals surface area contributed by atoms with Gasteiger partial charge in [-0.2, -0.15) is 0 Å². The van der Waals surface area contributed by atoms with Crippen LogP contribution in [0.1, 0.15) is 37.8 Å². The molecule has 0 aliphatic heterocycles. The Morgan fingerprint density at radius 2 is 2.29 bits per heavy atom. The van der Waals surface area contributed by atoms with Crippen molar-refractivity contribution < 1.29 is 5.11 Å². The number of aryl methyl sites for hydroxylation is 1. The van der Waals surface area contributed by atoms with Gasteiger partial charge in [0.05, 0.1) is 11.6 Å². The molecule has 2 heterocycles. The number of thioether (sulfide) groups is 1. The lowest BCUT2D eigenvalue weighted by atomic mass is 9.99. The SMILES string of the molecule is CSc1ncc2cc(C)c(=O)n(C3CCCC3(C)O)c2n1. The van der Waals surface area contributed by atoms with Gasteiger partial charge in [0, 0.05) is 17.1 Å². The fourth-order valence-corrected chi connectivity index (χ4v) is 3.50. The summed E-state index contributed by atoms with van der Waals surface area (Å²) in [5.41, 5.74) is 0.345. The van der Waals surface area contributed by atoms with Crippen molar-refractivity contribution in [3.05, 3.63) is 28.2 Å². The van der Waals surface area contributed by atoms with E-state index in [1.54, 1.807) is 17.7 Å². The van der Waals surface area contributed by atoms with Crippen molar-refractivity contribution in [2.45, 2.75) is 49.9 Å². The zero-order valence-electron chi connectivity index (χ0n) is 12.5. The summed E-state index contributed by atoms with van der Waals surface area (Å²) in [6.07, 6.45) is 6.08. The van der Waals surface area contributed by atoms with E-state index in [-0.39, 0.29) is 11.6 Å². The molecule has 5 nitrogen and oxygen atoms in total. The molecule has 1 saturated carbocycles. The molecule has 0 saturated heterocycles. The molecule has 1 aliphatic rings. The molecule has 1 fully saturated rings. The second-order valence-electron chi connectivity index (χ2n) is 5.90. The van der Waals surface area contributed by atoms with Gasteiger partial charge >= 0.3 is 0 Å². The topological polar surface area (TPSA) is 68.0 Å². The van der Waals surface area contributed by atoms with E-state index in [9.17, 15) is 9.90 Å². The molecule has 1 N–H and O–H groups in total. The average molecular weight is 305 g/mol. The van der Waals surface area contributed by atoms with Crippen LogP contribution in [0, 0.1) is 6.92 Å². The highest BCUT2D eigenvalue weighted by atomic mass is 32.2. The Morgan fingerprint density at radius 3 is 2.90 bits per heavy atom. The predicted octanol–water partition coefficient (Wildman–Crippen LogP) is 2.30. The fraction of sp³-hybridized carbons (Fsp3) is 0.533. The second-order valence-corrected chi connectivity index (χ2v) is 6.68. The normalized spacial score (nSPS) is 25.6. The van der Waals surface area contributed by atoms with E-state index < -0.39 is 5.60 Å². The van der Waals surface area contributed by atoms with Crippen LogP contribution < -0.4 is 5.56 Å². The first-order valence-electron chi connectivity index (χ1n) is 7.09. The highest BCUT2D eigenvalue weighted by molar-refractivity contribution is 7.98. The van der Waals surface area contributed by atoms with Crippen LogP contribution in [0.2, 0.25) is 0 Å². The number of hydrogen-bond donors (Lipinski definition) is 1. The molecule has 6 heteroatoms. The van der Waals surface area contributed by atoms with Crippen molar-refractivity contribution in [1.29, 1.82) is 0 Å². The van der Waals surface area contributed by atoms with Gasteiger partial charge in [0.15, 0.2) is 5.16 Å². The van der Waals surface area contributed by atoms with E-state index in [4.69, 9.17) is 0 Å². The molecule has 3 rings (SSSR count). The molecule has 2 unspecified atom stereocenters. The Hall–Kier alpha value is -1.40. The van der Waals surface area contributed by atoms with Gasteiger partial charge in [0.1, 0.15) is 5.65 Å². The Morgan fingerprint density at radius 1 is 1.52 bits per heavy atom. The molecule has 0 spiro atoms. The Kier molecular flexibility index (Phi) is 3.53. The third-order valence-corrected chi connectivity index (χ3v) is 4.86. The van der Waals surface area contributed by atoms with Crippen LogP contribution in [0.5, 0.6) is 0 Å². The van der Waals surface area contributed by atoms with Gasteiger partial charge in [-0.05, 0) is 45.4 Å². The molecule has 2 aromatic rings. The lowest BCUT2D eigenvalue weighted by Crippen LogP contribution is -2.38. The number of pyridine rings is 1. The molecular formula is C15H19N3O2S. The number of rotatable bonds is 2. The van der Waals surface area contributed by atoms with E-state index >= 15 is 0 Å². The van der Waals surface area contributed by atoms with Crippen LogP contribution in [-0.2, 0) is 0 Å². The lowest BCUT2D eigenvalue weighted by Gasteiger charge is -2.28. The summed E-state index contributed by atoms with van der Waals surface area (Å²) in [4.78, 5) is 21.4. The molecule has 2 aromatic heterocycles. The van der Waals surface area contributed by atoms with Crippen molar-refractivity contribution in [3.63, 3.8) is 0 Å². The average Bonchev–Trinajstić information content (AvgIpc) is 2.79. The van der Waals surface area contributed by atoms with Crippen LogP contribution >= 0.6 is 11.8 Å². The van der Waals surface area contributed by atoms with Crippen molar-refractivity contribution in [2.24, 2.45) is 0 Å². The van der Waals surface area contributed by atoms with Gasteiger partial charge in [-0.25, -0.2) is 9.97 Å². The van der Waals surface area contributed by atoms with E-state index in [1.165, 1.54) is 11.8 Å². The first-order valence-corrected chi connectivity index (χ1v) is 8.32. The quantitative estimate of drug-likeness (QED) is 0.681. The second kappa shape index (κ2) is 5.10. The van der Waals surface area contributed by atoms with E-state index in [1.807, 2.05) is 19.2 Å². The Labute approximate surface area is 127 Å². The van der Waals surface area contributed by atoms with Crippen LogP contribution in [0.15, 0.2) is 22.2 Å². The third kappa shape index (κ3) is 2.36. The number of fused-ring (bicyclic) bond motifs is 1. The monoisotopic (exact) mass is 305 g/mol. The maximum absolute atomic E-state index is 12.6. The molecule has 0 bridgehead atoms. The zero-order valence-corrected chi connectivity index (χ0v) is 13.3. The molecule has 112 valence electrons. The van der Waals surface area contributed by atoms with Gasteiger partial charge in [-0.3, -0.25) is 9.36 Å². The summed E-state index contributed by atoms with van der Waals surface area (Å²) in [7, 11) is 0. The maximum Gasteiger partial charge on any atom is 0.255 e.